The molecular formula is C32H40O2. The largest absolute Gasteiger partial charge is 0.464 e. The van der Waals surface area contributed by atoms with Crippen molar-refractivity contribution in [1.29, 1.82) is 0 Å². The zero-order valence-electron chi connectivity index (χ0n) is 21.1. The Kier molecular flexibility index (Phi) is 8.43. The Bertz CT molecular complexity index is 972. The zero-order chi connectivity index (χ0) is 23.9. The molecule has 0 amide bonds. The number of esters is 1. The number of hydrogen-bond acceptors (Lipinski definition) is 2. The van der Waals surface area contributed by atoms with Crippen LogP contribution in [0.4, 0.5) is 0 Å². The lowest BCUT2D eigenvalue weighted by molar-refractivity contribution is -0.152. The van der Waals surface area contributed by atoms with Crippen molar-refractivity contribution in [2.24, 2.45) is 23.7 Å². The molecule has 2 aliphatic carbocycles. The van der Waals surface area contributed by atoms with E-state index in [0.717, 1.165) is 19.3 Å². The third-order valence-electron chi connectivity index (χ3n) is 8.15. The molecule has 34 heavy (non-hydrogen) atoms. The van der Waals surface area contributed by atoms with Crippen molar-refractivity contribution in [3.63, 3.8) is 0 Å². The van der Waals surface area contributed by atoms with Gasteiger partial charge in [0.1, 0.15) is 6.61 Å². The standard InChI is InChI=1S/C32H40O2/c1-4-6-14-23(3)24-16-8-9-17-25(24)30(15-7-5-2)32(33)34-22-31-28-20-12-10-18-26(28)27-19-11-13-21-29(27)31/h4-7,10-13,18-21,23-25,30-31H,8-9,14-17,22H2,1-3H3/b6-4+,7-5+. The molecule has 180 valence electrons. The Morgan fingerprint density at radius 2 is 1.44 bits per heavy atom. The second kappa shape index (κ2) is 11.7. The Hall–Kier alpha value is -2.61. The van der Waals surface area contributed by atoms with Crippen molar-refractivity contribution in [2.45, 2.75) is 65.2 Å². The van der Waals surface area contributed by atoms with Crippen LogP contribution in [0, 0.1) is 23.7 Å². The number of rotatable bonds is 9. The van der Waals surface area contributed by atoms with E-state index >= 15 is 0 Å². The molecule has 4 atom stereocenters. The van der Waals surface area contributed by atoms with Crippen LogP contribution < -0.4 is 0 Å². The number of fused-ring (bicyclic) bond motifs is 3. The average molecular weight is 457 g/mol. The van der Waals surface area contributed by atoms with Crippen LogP contribution in [0.25, 0.3) is 11.1 Å². The second-order valence-corrected chi connectivity index (χ2v) is 10.2. The second-order valence-electron chi connectivity index (χ2n) is 10.2. The van der Waals surface area contributed by atoms with Gasteiger partial charge in [-0.2, -0.15) is 0 Å². The van der Waals surface area contributed by atoms with Crippen LogP contribution in [-0.2, 0) is 9.53 Å². The maximum Gasteiger partial charge on any atom is 0.309 e. The van der Waals surface area contributed by atoms with Crippen LogP contribution >= 0.6 is 0 Å². The maximum atomic E-state index is 13.6. The van der Waals surface area contributed by atoms with Crippen molar-refractivity contribution >= 4 is 5.97 Å². The van der Waals surface area contributed by atoms with Crippen LogP contribution in [-0.4, -0.2) is 12.6 Å². The molecule has 2 nitrogen and oxygen atoms in total. The minimum Gasteiger partial charge on any atom is -0.464 e. The van der Waals surface area contributed by atoms with Gasteiger partial charge in [0, 0.05) is 5.92 Å². The molecule has 2 heteroatoms. The van der Waals surface area contributed by atoms with Crippen LogP contribution in [0.15, 0.2) is 72.8 Å². The van der Waals surface area contributed by atoms with E-state index in [2.05, 4.69) is 86.7 Å². The summed E-state index contributed by atoms with van der Waals surface area (Å²) < 4.78 is 6.17. The van der Waals surface area contributed by atoms with Crippen LogP contribution in [0.5, 0.6) is 0 Å². The molecule has 0 saturated heterocycles. The van der Waals surface area contributed by atoms with Gasteiger partial charge in [-0.05, 0) is 79.5 Å². The van der Waals surface area contributed by atoms with E-state index in [0.29, 0.717) is 24.4 Å². The number of ether oxygens (including phenoxy) is 1. The van der Waals surface area contributed by atoms with E-state index in [-0.39, 0.29) is 17.8 Å². The smallest absolute Gasteiger partial charge is 0.309 e. The average Bonchev–Trinajstić information content (AvgIpc) is 3.20. The summed E-state index contributed by atoms with van der Waals surface area (Å²) in [6, 6.07) is 17.1. The first-order chi connectivity index (χ1) is 16.7. The highest BCUT2D eigenvalue weighted by molar-refractivity contribution is 5.79. The summed E-state index contributed by atoms with van der Waals surface area (Å²) >= 11 is 0. The molecule has 0 aromatic heterocycles. The first-order valence-electron chi connectivity index (χ1n) is 13.2. The van der Waals surface area contributed by atoms with Gasteiger partial charge in [0.25, 0.3) is 0 Å². The number of hydrogen-bond donors (Lipinski definition) is 0. The maximum absolute atomic E-state index is 13.6. The molecule has 2 aromatic carbocycles. The Morgan fingerprint density at radius 3 is 2.06 bits per heavy atom. The number of benzene rings is 2. The summed E-state index contributed by atoms with van der Waals surface area (Å²) in [5, 5.41) is 0. The third kappa shape index (κ3) is 5.22. The molecule has 0 bridgehead atoms. The topological polar surface area (TPSA) is 26.3 Å². The summed E-state index contributed by atoms with van der Waals surface area (Å²) in [5.41, 5.74) is 5.10. The minimum absolute atomic E-state index is 0.00454. The summed E-state index contributed by atoms with van der Waals surface area (Å²) in [6.07, 6.45) is 15.4. The Labute approximate surface area is 206 Å². The third-order valence-corrected chi connectivity index (χ3v) is 8.15. The lowest BCUT2D eigenvalue weighted by Gasteiger charge is -2.39. The van der Waals surface area contributed by atoms with E-state index in [1.54, 1.807) is 0 Å². The van der Waals surface area contributed by atoms with Crippen molar-refractivity contribution in [1.82, 2.24) is 0 Å². The zero-order valence-corrected chi connectivity index (χ0v) is 21.1. The SMILES string of the molecule is C/C=C/CC(C)C1CCCCC1C(C/C=C/C)C(=O)OCC1c2ccccc2-c2ccccc21. The van der Waals surface area contributed by atoms with Gasteiger partial charge >= 0.3 is 5.97 Å². The van der Waals surface area contributed by atoms with Crippen LogP contribution in [0.2, 0.25) is 0 Å². The molecule has 2 aromatic rings. The highest BCUT2D eigenvalue weighted by Gasteiger charge is 2.39. The van der Waals surface area contributed by atoms with Gasteiger partial charge in [-0.1, -0.05) is 92.6 Å². The molecule has 4 rings (SSSR count). The first kappa shape index (κ1) is 24.5. The number of carbonyl (C=O) groups excluding carboxylic acids is 1. The fourth-order valence-corrected chi connectivity index (χ4v) is 6.36. The fourth-order valence-electron chi connectivity index (χ4n) is 6.36. The van der Waals surface area contributed by atoms with E-state index < -0.39 is 0 Å². The van der Waals surface area contributed by atoms with Gasteiger partial charge < -0.3 is 4.74 Å². The monoisotopic (exact) mass is 456 g/mol. The summed E-state index contributed by atoms with van der Waals surface area (Å²) in [4.78, 5) is 13.6. The summed E-state index contributed by atoms with van der Waals surface area (Å²) in [7, 11) is 0. The van der Waals surface area contributed by atoms with Gasteiger partial charge in [-0.3, -0.25) is 4.79 Å². The molecule has 0 aliphatic heterocycles. The van der Waals surface area contributed by atoms with E-state index in [1.165, 1.54) is 41.5 Å². The normalized spacial score (nSPS) is 22.0. The van der Waals surface area contributed by atoms with Crippen molar-refractivity contribution in [2.75, 3.05) is 6.61 Å². The molecule has 0 heterocycles. The van der Waals surface area contributed by atoms with E-state index in [4.69, 9.17) is 4.74 Å². The van der Waals surface area contributed by atoms with Crippen molar-refractivity contribution < 1.29 is 9.53 Å². The van der Waals surface area contributed by atoms with Gasteiger partial charge in [0.05, 0.1) is 5.92 Å². The molecule has 0 spiro atoms. The predicted molar refractivity (Wildman–Crippen MR) is 142 cm³/mol. The van der Waals surface area contributed by atoms with Crippen LogP contribution in [0.1, 0.15) is 76.3 Å². The fraction of sp³-hybridized carbons (Fsp3) is 0.469. The van der Waals surface area contributed by atoms with E-state index in [1.807, 2.05) is 6.92 Å². The Balaban J connectivity index is 1.52. The highest BCUT2D eigenvalue weighted by atomic mass is 16.5. The first-order valence-corrected chi connectivity index (χ1v) is 13.2. The lowest BCUT2D eigenvalue weighted by Crippen LogP contribution is -2.36. The lowest BCUT2D eigenvalue weighted by atomic mass is 9.66. The minimum atomic E-state index is -0.0542. The van der Waals surface area contributed by atoms with E-state index in [9.17, 15) is 4.79 Å². The molecule has 1 saturated carbocycles. The number of carbonyl (C=O) groups is 1. The summed E-state index contributed by atoms with van der Waals surface area (Å²) in [5.74, 6) is 1.64. The molecule has 0 radical (unpaired) electrons. The van der Waals surface area contributed by atoms with Gasteiger partial charge in [0.15, 0.2) is 0 Å². The van der Waals surface area contributed by atoms with Crippen molar-refractivity contribution in [3.8, 4) is 11.1 Å². The molecule has 4 unspecified atom stereocenters. The van der Waals surface area contributed by atoms with Crippen molar-refractivity contribution in [3.05, 3.63) is 84.0 Å². The van der Waals surface area contributed by atoms with Gasteiger partial charge in [-0.25, -0.2) is 0 Å². The quantitative estimate of drug-likeness (QED) is 0.280. The molecule has 0 N–H and O–H groups in total. The molecule has 2 aliphatic rings. The highest BCUT2D eigenvalue weighted by Crippen LogP contribution is 2.45. The number of allylic oxidation sites excluding steroid dienone is 4. The summed E-state index contributed by atoms with van der Waals surface area (Å²) in [6.45, 7) is 6.93. The van der Waals surface area contributed by atoms with Crippen LogP contribution in [0.3, 0.4) is 0 Å². The van der Waals surface area contributed by atoms with Gasteiger partial charge in [-0.15, -0.1) is 0 Å². The van der Waals surface area contributed by atoms with Gasteiger partial charge in [0.2, 0.25) is 0 Å². The Morgan fingerprint density at radius 1 is 0.882 bits per heavy atom. The molecule has 1 fully saturated rings. The predicted octanol–water partition coefficient (Wildman–Crippen LogP) is 8.33. The molecular weight excluding hydrogens is 416 g/mol.